The van der Waals surface area contributed by atoms with Gasteiger partial charge < -0.3 is 9.47 Å². The first-order chi connectivity index (χ1) is 14.1. The maximum Gasteiger partial charge on any atom is 0.280 e. The minimum atomic E-state index is -0.488. The summed E-state index contributed by atoms with van der Waals surface area (Å²) in [5, 5.41) is 15.8. The first-order valence-corrected chi connectivity index (χ1v) is 9.42. The van der Waals surface area contributed by atoms with Crippen LogP contribution in [0.4, 0.5) is 5.69 Å². The molecule has 0 bridgehead atoms. The van der Waals surface area contributed by atoms with Gasteiger partial charge in [0.05, 0.1) is 21.4 Å². The molecule has 1 amide bonds. The molecule has 29 heavy (non-hydrogen) atoms. The highest BCUT2D eigenvalue weighted by molar-refractivity contribution is 7.12. The Kier molecular flexibility index (Phi) is 6.90. The number of carbonyl (C=O) groups is 1. The Labute approximate surface area is 170 Å². The number of rotatable bonds is 9. The van der Waals surface area contributed by atoms with E-state index in [1.54, 1.807) is 24.3 Å². The average Bonchev–Trinajstić information content (AvgIpc) is 3.22. The van der Waals surface area contributed by atoms with Gasteiger partial charge in [0.25, 0.3) is 11.6 Å². The molecule has 3 aromatic rings. The fourth-order valence-electron chi connectivity index (χ4n) is 2.23. The summed E-state index contributed by atoms with van der Waals surface area (Å²) in [4.78, 5) is 22.5. The lowest BCUT2D eigenvalue weighted by Crippen LogP contribution is -2.24. The van der Waals surface area contributed by atoms with Crippen LogP contribution in [0.5, 0.6) is 11.5 Å². The zero-order chi connectivity index (χ0) is 20.5. The van der Waals surface area contributed by atoms with Crippen molar-refractivity contribution in [2.24, 2.45) is 5.10 Å². The lowest BCUT2D eigenvalue weighted by atomic mass is 10.2. The minimum absolute atomic E-state index is 0.0118. The highest BCUT2D eigenvalue weighted by atomic mass is 32.1. The van der Waals surface area contributed by atoms with Crippen molar-refractivity contribution in [3.05, 3.63) is 86.6 Å². The number of ether oxygens (including phenoxy) is 2. The highest BCUT2D eigenvalue weighted by Gasteiger charge is 2.08. The van der Waals surface area contributed by atoms with Gasteiger partial charge in [-0.1, -0.05) is 30.3 Å². The molecule has 0 saturated heterocycles. The van der Waals surface area contributed by atoms with Gasteiger partial charge >= 0.3 is 0 Å². The van der Waals surface area contributed by atoms with Crippen molar-refractivity contribution in [1.82, 2.24) is 5.43 Å². The molecular weight excluding hydrogens is 394 g/mol. The standard InChI is InChI=1S/C20H17N3O5S/c24-20(22-21-11-19-10-16(14-29-19)23(25)26)13-28-18-8-6-17(7-9-18)27-12-15-4-2-1-3-5-15/h1-11,14H,12-13H2,(H,22,24)/b21-11-. The normalized spacial score (nSPS) is 10.6. The van der Waals surface area contributed by atoms with Crippen molar-refractivity contribution in [2.75, 3.05) is 6.61 Å². The molecule has 0 atom stereocenters. The van der Waals surface area contributed by atoms with Gasteiger partial charge in [0.1, 0.15) is 18.1 Å². The van der Waals surface area contributed by atoms with E-state index in [-0.39, 0.29) is 12.3 Å². The van der Waals surface area contributed by atoms with E-state index in [9.17, 15) is 14.9 Å². The van der Waals surface area contributed by atoms with Gasteiger partial charge in [-0.15, -0.1) is 11.3 Å². The molecule has 1 aromatic heterocycles. The van der Waals surface area contributed by atoms with Crippen LogP contribution in [0.3, 0.4) is 0 Å². The molecule has 9 heteroatoms. The predicted molar refractivity (Wildman–Crippen MR) is 109 cm³/mol. The predicted octanol–water partition coefficient (Wildman–Crippen LogP) is 3.76. The van der Waals surface area contributed by atoms with Crippen molar-refractivity contribution < 1.29 is 19.2 Å². The first kappa shape index (κ1) is 20.0. The molecule has 0 unspecified atom stereocenters. The highest BCUT2D eigenvalue weighted by Crippen LogP contribution is 2.20. The molecule has 0 radical (unpaired) electrons. The van der Waals surface area contributed by atoms with E-state index in [0.29, 0.717) is 23.0 Å². The molecule has 0 aliphatic rings. The molecule has 0 aliphatic heterocycles. The van der Waals surface area contributed by atoms with E-state index in [4.69, 9.17) is 9.47 Å². The number of carbonyl (C=O) groups excluding carboxylic acids is 1. The maximum absolute atomic E-state index is 11.8. The first-order valence-electron chi connectivity index (χ1n) is 8.54. The third kappa shape index (κ3) is 6.43. The summed E-state index contributed by atoms with van der Waals surface area (Å²) in [6, 6.07) is 18.1. The lowest BCUT2D eigenvalue weighted by molar-refractivity contribution is -0.384. The maximum atomic E-state index is 11.8. The quantitative estimate of drug-likeness (QED) is 0.328. The van der Waals surface area contributed by atoms with Gasteiger partial charge in [-0.3, -0.25) is 14.9 Å². The van der Waals surface area contributed by atoms with Crippen molar-refractivity contribution >= 4 is 29.1 Å². The number of hydrogen-bond acceptors (Lipinski definition) is 7. The summed E-state index contributed by atoms with van der Waals surface area (Å²) in [5.41, 5.74) is 3.37. The smallest absolute Gasteiger partial charge is 0.280 e. The molecular formula is C20H17N3O5S. The van der Waals surface area contributed by atoms with Crippen LogP contribution in [0.25, 0.3) is 0 Å². The third-order valence-electron chi connectivity index (χ3n) is 3.64. The van der Waals surface area contributed by atoms with Crippen molar-refractivity contribution in [3.8, 4) is 11.5 Å². The molecule has 3 rings (SSSR count). The van der Waals surface area contributed by atoms with Gasteiger partial charge in [0, 0.05) is 6.07 Å². The van der Waals surface area contributed by atoms with Crippen LogP contribution in [-0.2, 0) is 11.4 Å². The zero-order valence-corrected chi connectivity index (χ0v) is 16.0. The van der Waals surface area contributed by atoms with Crippen molar-refractivity contribution in [1.29, 1.82) is 0 Å². The van der Waals surface area contributed by atoms with Gasteiger partial charge in [0.15, 0.2) is 6.61 Å². The number of hydrazone groups is 1. The average molecular weight is 411 g/mol. The Balaban J connectivity index is 1.40. The van der Waals surface area contributed by atoms with Crippen LogP contribution >= 0.6 is 11.3 Å². The Hall–Kier alpha value is -3.72. The summed E-state index contributed by atoms with van der Waals surface area (Å²) in [5.74, 6) is 0.766. The van der Waals surface area contributed by atoms with E-state index in [1.807, 2.05) is 30.3 Å². The van der Waals surface area contributed by atoms with Gasteiger partial charge in [-0.05, 0) is 29.8 Å². The second kappa shape index (κ2) is 10.00. The number of hydrogen-bond donors (Lipinski definition) is 1. The topological polar surface area (TPSA) is 103 Å². The van der Waals surface area contributed by atoms with Gasteiger partial charge in [-0.2, -0.15) is 5.10 Å². The van der Waals surface area contributed by atoms with E-state index >= 15 is 0 Å². The lowest BCUT2D eigenvalue weighted by Gasteiger charge is -2.08. The second-order valence-corrected chi connectivity index (χ2v) is 6.73. The molecule has 1 heterocycles. The summed E-state index contributed by atoms with van der Waals surface area (Å²) in [6.07, 6.45) is 1.34. The summed E-state index contributed by atoms with van der Waals surface area (Å²) in [6.45, 7) is 0.251. The van der Waals surface area contributed by atoms with Crippen LogP contribution in [0.15, 0.2) is 71.1 Å². The molecule has 1 N–H and O–H groups in total. The molecule has 0 aliphatic carbocycles. The molecule has 8 nitrogen and oxygen atoms in total. The summed E-state index contributed by atoms with van der Waals surface area (Å²) >= 11 is 1.16. The van der Waals surface area contributed by atoms with Crippen LogP contribution in [0.1, 0.15) is 10.4 Å². The molecule has 0 saturated carbocycles. The fraction of sp³-hybridized carbons (Fsp3) is 0.100. The van der Waals surface area contributed by atoms with E-state index in [1.165, 1.54) is 17.7 Å². The number of nitro groups is 1. The molecule has 148 valence electrons. The van der Waals surface area contributed by atoms with E-state index < -0.39 is 10.8 Å². The number of amides is 1. The largest absolute Gasteiger partial charge is 0.489 e. The van der Waals surface area contributed by atoms with E-state index in [0.717, 1.165) is 16.9 Å². The number of nitrogens with one attached hydrogen (secondary N) is 1. The third-order valence-corrected chi connectivity index (χ3v) is 4.49. The summed E-state index contributed by atoms with van der Waals surface area (Å²) in [7, 11) is 0. The fourth-order valence-corrected chi connectivity index (χ4v) is 2.94. The monoisotopic (exact) mass is 411 g/mol. The number of nitrogens with zero attached hydrogens (tertiary/aromatic N) is 2. The molecule has 0 spiro atoms. The van der Waals surface area contributed by atoms with Crippen molar-refractivity contribution in [2.45, 2.75) is 6.61 Å². The number of benzene rings is 2. The minimum Gasteiger partial charge on any atom is -0.489 e. The van der Waals surface area contributed by atoms with Crippen LogP contribution in [0.2, 0.25) is 0 Å². The second-order valence-electron chi connectivity index (χ2n) is 5.79. The van der Waals surface area contributed by atoms with Crippen LogP contribution in [-0.4, -0.2) is 23.7 Å². The summed E-state index contributed by atoms with van der Waals surface area (Å²) < 4.78 is 11.1. The van der Waals surface area contributed by atoms with Crippen LogP contribution in [0, 0.1) is 10.1 Å². The van der Waals surface area contributed by atoms with Crippen LogP contribution < -0.4 is 14.9 Å². The Morgan fingerprint density at radius 1 is 1.10 bits per heavy atom. The van der Waals surface area contributed by atoms with Gasteiger partial charge in [0.2, 0.25) is 0 Å². The molecule has 2 aromatic carbocycles. The van der Waals surface area contributed by atoms with Crippen molar-refractivity contribution in [3.63, 3.8) is 0 Å². The SMILES string of the molecule is O=C(COc1ccc(OCc2ccccc2)cc1)N/N=C\c1cc([N+](=O)[O-])cs1. The van der Waals surface area contributed by atoms with Gasteiger partial charge in [-0.25, -0.2) is 5.43 Å². The van der Waals surface area contributed by atoms with E-state index in [2.05, 4.69) is 10.5 Å². The Morgan fingerprint density at radius 2 is 1.79 bits per heavy atom. The Bertz CT molecular complexity index is 987. The number of thiophene rings is 1. The zero-order valence-electron chi connectivity index (χ0n) is 15.2. The Morgan fingerprint density at radius 3 is 2.45 bits per heavy atom. The molecule has 0 fully saturated rings.